The van der Waals surface area contributed by atoms with Crippen molar-refractivity contribution in [3.8, 4) is 0 Å². The molecule has 0 aromatic carbocycles. The van der Waals surface area contributed by atoms with Crippen LogP contribution in [0.2, 0.25) is 0 Å². The van der Waals surface area contributed by atoms with E-state index in [9.17, 15) is 25.0 Å². The number of hydrogen-bond acceptors (Lipinski definition) is 9. The van der Waals surface area contributed by atoms with E-state index in [4.69, 9.17) is 0 Å². The van der Waals surface area contributed by atoms with Crippen molar-refractivity contribution in [2.75, 3.05) is 14.1 Å². The van der Waals surface area contributed by atoms with Crippen LogP contribution in [0.25, 0.3) is 0 Å². The van der Waals surface area contributed by atoms with Gasteiger partial charge in [-0.05, 0) is 0 Å². The molecule has 0 saturated carbocycles. The summed E-state index contributed by atoms with van der Waals surface area (Å²) in [6.07, 6.45) is 0.750. The average Bonchev–Trinajstić information content (AvgIpc) is 2.13. The Morgan fingerprint density at radius 3 is 1.47 bits per heavy atom. The largest absolute Gasteiger partial charge is 0.351 e. The van der Waals surface area contributed by atoms with Gasteiger partial charge in [-0.25, -0.2) is 0 Å². The van der Waals surface area contributed by atoms with Gasteiger partial charge in [-0.3, -0.25) is 4.79 Å². The molecule has 15 heavy (non-hydrogen) atoms. The fourth-order valence-corrected chi connectivity index (χ4v) is 0.0745. The summed E-state index contributed by atoms with van der Waals surface area (Å²) in [6.45, 7) is 0. The van der Waals surface area contributed by atoms with Gasteiger partial charge in [-0.1, -0.05) is 0 Å². The number of carbonyl (C=O) groups excluding carboxylic acids is 1. The van der Waals surface area contributed by atoms with Crippen molar-refractivity contribution in [2.24, 2.45) is 0 Å². The molecule has 12 heteroatoms. The minimum atomic E-state index is -1.40. The van der Waals surface area contributed by atoms with Crippen molar-refractivity contribution in [1.82, 2.24) is 4.90 Å². The average molecular weight is 229 g/mol. The van der Waals surface area contributed by atoms with Gasteiger partial charge in [-0.15, -0.1) is 30.2 Å². The van der Waals surface area contributed by atoms with Gasteiger partial charge in [0.1, 0.15) is 0 Å². The van der Waals surface area contributed by atoms with Crippen molar-refractivity contribution < 1.29 is 35.0 Å². The lowest BCUT2D eigenvalue weighted by Crippen LogP contribution is -2.06. The standard InChI is InChI=1S/C3H7NO.N2O8/c1-4(2)3-5;3-1(4)7-9-10-8-2(5)6/h3H,1-2H3;. The molecule has 1 amide bonds. The lowest BCUT2D eigenvalue weighted by Gasteiger charge is -1.93. The summed E-state index contributed by atoms with van der Waals surface area (Å²) in [5, 5.41) is 21.7. The topological polar surface area (TPSA) is 144 Å². The molecule has 0 aliphatic carbocycles. The normalized spacial score (nSPS) is 7.87. The van der Waals surface area contributed by atoms with Crippen molar-refractivity contribution in [3.63, 3.8) is 0 Å². The Balaban J connectivity index is 0. The van der Waals surface area contributed by atoms with E-state index in [-0.39, 0.29) is 0 Å². The molecule has 0 spiro atoms. The zero-order valence-electron chi connectivity index (χ0n) is 7.59. The molecule has 0 heterocycles. The number of carbonyl (C=O) groups is 1. The summed E-state index contributed by atoms with van der Waals surface area (Å²) in [6, 6.07) is 0. The Kier molecular flexibility index (Phi) is 10.1. The van der Waals surface area contributed by atoms with Gasteiger partial charge >= 0.3 is 10.2 Å². The highest BCUT2D eigenvalue weighted by Gasteiger charge is 1.99. The van der Waals surface area contributed by atoms with Crippen LogP contribution in [0.1, 0.15) is 0 Å². The van der Waals surface area contributed by atoms with Gasteiger partial charge in [-0.2, -0.15) is 0 Å². The van der Waals surface area contributed by atoms with Gasteiger partial charge in [0, 0.05) is 24.2 Å². The van der Waals surface area contributed by atoms with Gasteiger partial charge in [0.25, 0.3) is 0 Å². The minimum Gasteiger partial charge on any atom is -0.351 e. The minimum absolute atomic E-state index is 0.750. The van der Waals surface area contributed by atoms with Crippen molar-refractivity contribution in [3.05, 3.63) is 20.2 Å². The molecule has 12 nitrogen and oxygen atoms in total. The molecular weight excluding hydrogens is 222 g/mol. The molecule has 0 rings (SSSR count). The van der Waals surface area contributed by atoms with Crippen LogP contribution in [0.15, 0.2) is 0 Å². The second-order valence-corrected chi connectivity index (χ2v) is 1.80. The molecule has 88 valence electrons. The molecular formula is C3H7N3O9. The summed E-state index contributed by atoms with van der Waals surface area (Å²) in [5.41, 5.74) is 0. The first-order valence-electron chi connectivity index (χ1n) is 2.98. The van der Waals surface area contributed by atoms with Crippen LogP contribution in [-0.2, 0) is 24.8 Å². The molecule has 0 aliphatic rings. The Bertz CT molecular complexity index is 189. The molecule has 0 bridgehead atoms. The van der Waals surface area contributed by atoms with Crippen LogP contribution in [0.4, 0.5) is 0 Å². The zero-order valence-corrected chi connectivity index (χ0v) is 7.59. The summed E-state index contributed by atoms with van der Waals surface area (Å²) < 4.78 is 0. The first-order chi connectivity index (χ1) is 6.90. The molecule has 0 saturated heterocycles. The Morgan fingerprint density at radius 2 is 1.33 bits per heavy atom. The first-order valence-corrected chi connectivity index (χ1v) is 2.98. The highest BCUT2D eigenvalue weighted by molar-refractivity contribution is 5.45. The van der Waals surface area contributed by atoms with E-state index in [0.29, 0.717) is 0 Å². The SMILES string of the molecule is CN(C)C=O.O=[N+]([O-])OOOO[N+](=O)[O-]. The maximum atomic E-state index is 9.43. The van der Waals surface area contributed by atoms with Gasteiger partial charge in [0.15, 0.2) is 0 Å². The van der Waals surface area contributed by atoms with E-state index in [1.165, 1.54) is 4.90 Å². The molecule has 0 fully saturated rings. The number of rotatable bonds is 6. The first kappa shape index (κ1) is 15.3. The molecule has 0 N–H and O–H groups in total. The van der Waals surface area contributed by atoms with E-state index in [1.807, 2.05) is 0 Å². The number of nitrogens with zero attached hydrogens (tertiary/aromatic N) is 3. The van der Waals surface area contributed by atoms with Crippen LogP contribution < -0.4 is 0 Å². The van der Waals surface area contributed by atoms with Gasteiger partial charge in [0.2, 0.25) is 6.41 Å². The second-order valence-electron chi connectivity index (χ2n) is 1.80. The summed E-state index contributed by atoms with van der Waals surface area (Å²) in [4.78, 5) is 35.2. The lowest BCUT2D eigenvalue weighted by atomic mass is 11.0. The Labute approximate surface area is 81.9 Å². The summed E-state index contributed by atoms with van der Waals surface area (Å²) >= 11 is 0. The summed E-state index contributed by atoms with van der Waals surface area (Å²) in [7, 11) is 3.38. The summed E-state index contributed by atoms with van der Waals surface area (Å²) in [5.74, 6) is 0. The molecule has 0 atom stereocenters. The maximum Gasteiger partial charge on any atom is 0.324 e. The maximum absolute atomic E-state index is 9.43. The van der Waals surface area contributed by atoms with Crippen LogP contribution in [0.5, 0.6) is 0 Å². The zero-order chi connectivity index (χ0) is 12.3. The third-order valence-electron chi connectivity index (χ3n) is 0.421. The molecule has 0 aliphatic heterocycles. The van der Waals surface area contributed by atoms with Gasteiger partial charge in [0.05, 0.1) is 0 Å². The molecule has 0 aromatic rings. The fourth-order valence-electron chi connectivity index (χ4n) is 0.0745. The van der Waals surface area contributed by atoms with Crippen LogP contribution in [-0.4, -0.2) is 35.6 Å². The van der Waals surface area contributed by atoms with E-state index in [1.54, 1.807) is 14.1 Å². The molecule has 0 aromatic heterocycles. The predicted octanol–water partition coefficient (Wildman–Crippen LogP) is -1.11. The van der Waals surface area contributed by atoms with E-state index in [2.05, 4.69) is 20.1 Å². The van der Waals surface area contributed by atoms with Crippen molar-refractivity contribution >= 4 is 6.41 Å². The van der Waals surface area contributed by atoms with E-state index in [0.717, 1.165) is 6.41 Å². The predicted molar refractivity (Wildman–Crippen MR) is 38.1 cm³/mol. The lowest BCUT2D eigenvalue weighted by molar-refractivity contribution is -0.976. The second kappa shape index (κ2) is 9.87. The number of amides is 1. The third kappa shape index (κ3) is 24.5. The van der Waals surface area contributed by atoms with Crippen molar-refractivity contribution in [2.45, 2.75) is 0 Å². The quantitative estimate of drug-likeness (QED) is 0.182. The highest BCUT2D eigenvalue weighted by Crippen LogP contribution is 1.82. The fraction of sp³-hybridized carbons (Fsp3) is 0.667. The monoisotopic (exact) mass is 229 g/mol. The molecule has 0 unspecified atom stereocenters. The van der Waals surface area contributed by atoms with Gasteiger partial charge < -0.3 is 4.90 Å². The van der Waals surface area contributed by atoms with E-state index >= 15 is 0 Å². The Morgan fingerprint density at radius 1 is 1.07 bits per heavy atom. The smallest absolute Gasteiger partial charge is 0.324 e. The molecule has 0 radical (unpaired) electrons. The Hall–Kier alpha value is -2.21. The number of hydrogen-bond donors (Lipinski definition) is 0. The van der Waals surface area contributed by atoms with Crippen molar-refractivity contribution in [1.29, 1.82) is 0 Å². The third-order valence-corrected chi connectivity index (χ3v) is 0.421. The van der Waals surface area contributed by atoms with Crippen LogP contribution in [0.3, 0.4) is 0 Å². The van der Waals surface area contributed by atoms with Crippen LogP contribution in [0, 0.1) is 20.2 Å². The van der Waals surface area contributed by atoms with Crippen LogP contribution >= 0.6 is 0 Å². The highest BCUT2D eigenvalue weighted by atomic mass is 17.7. The van der Waals surface area contributed by atoms with E-state index < -0.39 is 10.2 Å².